The molecule has 3 N–H and O–H groups in total. The fourth-order valence-corrected chi connectivity index (χ4v) is 7.78. The lowest BCUT2D eigenvalue weighted by molar-refractivity contribution is -0.0530. The van der Waals surface area contributed by atoms with Gasteiger partial charge < -0.3 is 24.2 Å². The Morgan fingerprint density at radius 3 is 1.35 bits per heavy atom. The number of ether oxygens (including phenoxy) is 3. The quantitative estimate of drug-likeness (QED) is 0.0428. The summed E-state index contributed by atoms with van der Waals surface area (Å²) in [5.74, 6) is 1.33. The largest absolute Gasteiger partial charge is 0.497 e. The number of rotatable bonds is 19. The molecule has 0 saturated carbocycles. The van der Waals surface area contributed by atoms with E-state index >= 15 is 0 Å². The van der Waals surface area contributed by atoms with Crippen LogP contribution >= 0.6 is 7.82 Å². The van der Waals surface area contributed by atoms with E-state index in [4.69, 9.17) is 23.3 Å². The highest BCUT2D eigenvalue weighted by molar-refractivity contribution is 7.47. The van der Waals surface area contributed by atoms with Gasteiger partial charge in [-0.15, -0.1) is 0 Å². The smallest absolute Gasteiger partial charge is 0.472 e. The van der Waals surface area contributed by atoms with Crippen LogP contribution in [0.4, 0.5) is 0 Å². The number of phosphoric ester groups is 1. The second-order valence-electron chi connectivity index (χ2n) is 12.8. The normalized spacial score (nSPS) is 13.5. The summed E-state index contributed by atoms with van der Waals surface area (Å²) in [6, 6.07) is 54.7. The van der Waals surface area contributed by atoms with E-state index in [0.717, 1.165) is 33.4 Å². The first-order valence-electron chi connectivity index (χ1n) is 18.0. The Hall–Kier alpha value is -5.09. The molecule has 6 aromatic rings. The Kier molecular flexibility index (Phi) is 13.3. The Morgan fingerprint density at radius 2 is 0.964 bits per heavy atom. The van der Waals surface area contributed by atoms with Gasteiger partial charge in [-0.3, -0.25) is 14.4 Å². The van der Waals surface area contributed by atoms with Crippen LogP contribution in [-0.4, -0.2) is 56.7 Å². The Balaban J connectivity index is 1.22. The lowest BCUT2D eigenvalue weighted by Crippen LogP contribution is -2.46. The Labute approximate surface area is 322 Å². The predicted molar refractivity (Wildman–Crippen MR) is 213 cm³/mol. The molecule has 0 radical (unpaired) electrons. The highest BCUT2D eigenvalue weighted by Gasteiger charge is 2.40. The van der Waals surface area contributed by atoms with E-state index in [1.54, 1.807) is 14.2 Å². The molecule has 284 valence electrons. The highest BCUT2D eigenvalue weighted by atomic mass is 31.2. The van der Waals surface area contributed by atoms with Crippen LogP contribution in [0.2, 0.25) is 0 Å². The van der Waals surface area contributed by atoms with Crippen molar-refractivity contribution in [3.05, 3.63) is 203 Å². The molecule has 0 saturated heterocycles. The van der Waals surface area contributed by atoms with Gasteiger partial charge in [0, 0.05) is 6.54 Å². The summed E-state index contributed by atoms with van der Waals surface area (Å²) in [6.07, 6.45) is -1.22. The average molecular weight is 760 g/mol. The van der Waals surface area contributed by atoms with Gasteiger partial charge in [0.25, 0.3) is 0 Å². The van der Waals surface area contributed by atoms with Crippen molar-refractivity contribution in [3.8, 4) is 11.5 Å². The van der Waals surface area contributed by atoms with Gasteiger partial charge in [-0.05, 0) is 57.6 Å². The van der Waals surface area contributed by atoms with E-state index in [9.17, 15) is 14.6 Å². The van der Waals surface area contributed by atoms with E-state index in [1.807, 2.05) is 170 Å². The van der Waals surface area contributed by atoms with Crippen LogP contribution in [0, 0.1) is 0 Å². The van der Waals surface area contributed by atoms with Crippen molar-refractivity contribution < 1.29 is 37.8 Å². The van der Waals surface area contributed by atoms with Crippen LogP contribution in [-0.2, 0) is 29.5 Å². The maximum absolute atomic E-state index is 13.5. The van der Waals surface area contributed by atoms with Crippen LogP contribution in [0.25, 0.3) is 0 Å². The van der Waals surface area contributed by atoms with Gasteiger partial charge in [0.05, 0.1) is 39.6 Å². The van der Waals surface area contributed by atoms with Crippen LogP contribution in [0.1, 0.15) is 33.4 Å². The van der Waals surface area contributed by atoms with Gasteiger partial charge in [0.1, 0.15) is 23.2 Å². The average Bonchev–Trinajstić information content (AvgIpc) is 3.25. The van der Waals surface area contributed by atoms with E-state index in [2.05, 4.69) is 5.32 Å². The van der Waals surface area contributed by atoms with Gasteiger partial charge in [-0.25, -0.2) is 4.57 Å². The number of aliphatic hydroxyl groups is 1. The minimum Gasteiger partial charge on any atom is -0.497 e. The topological polar surface area (TPSA) is 116 Å². The molecule has 0 fully saturated rings. The van der Waals surface area contributed by atoms with Crippen LogP contribution < -0.4 is 14.8 Å². The second kappa shape index (κ2) is 18.5. The molecule has 0 aliphatic heterocycles. The first-order chi connectivity index (χ1) is 26.8. The summed E-state index contributed by atoms with van der Waals surface area (Å²) >= 11 is 0. The third-order valence-corrected chi connectivity index (χ3v) is 10.6. The maximum Gasteiger partial charge on any atom is 0.472 e. The monoisotopic (exact) mass is 759 g/mol. The molecular formula is C45H46NO8P. The minimum atomic E-state index is -4.70. The summed E-state index contributed by atoms with van der Waals surface area (Å²) in [4.78, 5) is 11.0. The van der Waals surface area contributed by atoms with Crippen molar-refractivity contribution in [2.45, 2.75) is 17.2 Å². The standard InChI is InChI=1S/C45H46NO8P/c1-50-41-27-23-39(24-28-41)45(38-21-13-6-14-22-38,40-25-29-42(51-2)30-26-40)52-34-43(33-47)54-55(48,49)53-32-31-46-44(35-15-7-3-8-16-35,36-17-9-4-10-18-36)37-19-11-5-12-20-37/h3-30,43,46-47H,31-34H2,1-2H3,(H,48,49)/t43-/m0/s1. The molecule has 55 heavy (non-hydrogen) atoms. The van der Waals surface area contributed by atoms with Crippen molar-refractivity contribution in [2.75, 3.05) is 40.6 Å². The number of aliphatic hydroxyl groups excluding tert-OH is 1. The molecule has 2 atom stereocenters. The lowest BCUT2D eigenvalue weighted by Gasteiger charge is -2.37. The Morgan fingerprint density at radius 1 is 0.582 bits per heavy atom. The summed E-state index contributed by atoms with van der Waals surface area (Å²) in [7, 11) is -1.50. The van der Waals surface area contributed by atoms with Crippen LogP contribution in [0.5, 0.6) is 11.5 Å². The molecule has 10 heteroatoms. The van der Waals surface area contributed by atoms with Gasteiger partial charge in [0.2, 0.25) is 0 Å². The fraction of sp³-hybridized carbons (Fsp3) is 0.200. The lowest BCUT2D eigenvalue weighted by atomic mass is 9.77. The maximum atomic E-state index is 13.5. The number of benzene rings is 6. The number of hydrogen-bond acceptors (Lipinski definition) is 8. The zero-order valence-electron chi connectivity index (χ0n) is 30.9. The van der Waals surface area contributed by atoms with Crippen LogP contribution in [0.15, 0.2) is 170 Å². The van der Waals surface area contributed by atoms with E-state index in [-0.39, 0.29) is 19.8 Å². The van der Waals surface area contributed by atoms with Gasteiger partial charge in [-0.2, -0.15) is 0 Å². The first-order valence-corrected chi connectivity index (χ1v) is 19.5. The molecule has 9 nitrogen and oxygen atoms in total. The number of hydrogen-bond donors (Lipinski definition) is 3. The predicted octanol–water partition coefficient (Wildman–Crippen LogP) is 8.09. The van der Waals surface area contributed by atoms with Crippen molar-refractivity contribution in [2.24, 2.45) is 0 Å². The molecule has 6 rings (SSSR count). The third-order valence-electron chi connectivity index (χ3n) is 9.51. The van der Waals surface area contributed by atoms with E-state index in [1.165, 1.54) is 0 Å². The van der Waals surface area contributed by atoms with Crippen molar-refractivity contribution in [1.29, 1.82) is 0 Å². The molecule has 0 bridgehead atoms. The first kappa shape index (κ1) is 39.6. The van der Waals surface area contributed by atoms with Crippen molar-refractivity contribution in [1.82, 2.24) is 5.32 Å². The fourth-order valence-electron chi connectivity index (χ4n) is 6.90. The number of phosphoric acid groups is 1. The molecule has 0 aliphatic carbocycles. The van der Waals surface area contributed by atoms with Crippen molar-refractivity contribution in [3.63, 3.8) is 0 Å². The second-order valence-corrected chi connectivity index (χ2v) is 14.2. The number of nitrogens with one attached hydrogen (secondary N) is 1. The molecule has 1 unspecified atom stereocenters. The molecular weight excluding hydrogens is 713 g/mol. The molecule has 0 amide bonds. The van der Waals surface area contributed by atoms with E-state index < -0.39 is 31.7 Å². The molecule has 0 aliphatic rings. The summed E-state index contributed by atoms with van der Waals surface area (Å²) in [5, 5.41) is 14.1. The third kappa shape index (κ3) is 9.07. The molecule has 0 heterocycles. The van der Waals surface area contributed by atoms with Gasteiger partial charge >= 0.3 is 7.82 Å². The molecule has 6 aromatic carbocycles. The SMILES string of the molecule is COc1ccc(C(OC[C@H](CO)OP(=O)(O)OCCNC(c2ccccc2)(c2ccccc2)c2ccccc2)(c2ccccc2)c2ccc(OC)cc2)cc1. The van der Waals surface area contributed by atoms with Gasteiger partial charge in [-0.1, -0.05) is 146 Å². The zero-order chi connectivity index (χ0) is 38.6. The summed E-state index contributed by atoms with van der Waals surface area (Å²) < 4.78 is 42.3. The zero-order valence-corrected chi connectivity index (χ0v) is 31.8. The Bertz CT molecular complexity index is 1940. The summed E-state index contributed by atoms with van der Waals surface area (Å²) in [6.45, 7) is -0.873. The minimum absolute atomic E-state index is 0.174. The summed E-state index contributed by atoms with van der Waals surface area (Å²) in [5.41, 5.74) is 3.26. The number of methoxy groups -OCH3 is 2. The van der Waals surface area contributed by atoms with Gasteiger partial charge in [0.15, 0.2) is 0 Å². The van der Waals surface area contributed by atoms with Crippen molar-refractivity contribution >= 4 is 7.82 Å². The van der Waals surface area contributed by atoms with E-state index in [0.29, 0.717) is 11.5 Å². The van der Waals surface area contributed by atoms with Crippen LogP contribution in [0.3, 0.4) is 0 Å². The highest BCUT2D eigenvalue weighted by Crippen LogP contribution is 2.46. The molecule has 0 spiro atoms. The molecule has 0 aromatic heterocycles.